The van der Waals surface area contributed by atoms with E-state index in [0.29, 0.717) is 0 Å². The van der Waals surface area contributed by atoms with Crippen molar-refractivity contribution >= 4 is 0 Å². The van der Waals surface area contributed by atoms with E-state index in [9.17, 15) is 0 Å². The fraction of sp³-hybridized carbons (Fsp3) is 0.750. The SMILES string of the molecule is Cc1nc(C)n(CCCCC(C)(C)C#N)n1. The average molecular weight is 220 g/mol. The average Bonchev–Trinajstić information content (AvgIpc) is 2.52. The summed E-state index contributed by atoms with van der Waals surface area (Å²) in [5.74, 6) is 1.80. The van der Waals surface area contributed by atoms with Crippen LogP contribution in [0, 0.1) is 30.6 Å². The van der Waals surface area contributed by atoms with Crippen molar-refractivity contribution in [1.82, 2.24) is 14.8 Å². The molecule has 4 nitrogen and oxygen atoms in total. The van der Waals surface area contributed by atoms with E-state index >= 15 is 0 Å². The molecule has 0 unspecified atom stereocenters. The minimum Gasteiger partial charge on any atom is -0.250 e. The Morgan fingerprint density at radius 1 is 1.31 bits per heavy atom. The van der Waals surface area contributed by atoms with E-state index in [2.05, 4.69) is 16.2 Å². The highest BCUT2D eigenvalue weighted by Crippen LogP contribution is 2.21. The molecule has 0 radical (unpaired) electrons. The highest BCUT2D eigenvalue weighted by molar-refractivity contribution is 4.91. The first kappa shape index (κ1) is 12.7. The molecule has 1 heterocycles. The first-order valence-electron chi connectivity index (χ1n) is 5.74. The summed E-state index contributed by atoms with van der Waals surface area (Å²) < 4.78 is 1.94. The van der Waals surface area contributed by atoms with Crippen LogP contribution in [0.4, 0.5) is 0 Å². The molecule has 0 bridgehead atoms. The maximum Gasteiger partial charge on any atom is 0.147 e. The summed E-state index contributed by atoms with van der Waals surface area (Å²) in [6.45, 7) is 8.74. The first-order valence-corrected chi connectivity index (χ1v) is 5.74. The topological polar surface area (TPSA) is 54.5 Å². The van der Waals surface area contributed by atoms with Gasteiger partial charge in [-0.15, -0.1) is 0 Å². The van der Waals surface area contributed by atoms with Crippen molar-refractivity contribution in [3.63, 3.8) is 0 Å². The summed E-state index contributed by atoms with van der Waals surface area (Å²) in [6, 6.07) is 2.32. The summed E-state index contributed by atoms with van der Waals surface area (Å²) in [5, 5.41) is 13.2. The van der Waals surface area contributed by atoms with E-state index in [1.165, 1.54) is 0 Å². The van der Waals surface area contributed by atoms with Crippen molar-refractivity contribution < 1.29 is 0 Å². The molecule has 0 saturated heterocycles. The largest absolute Gasteiger partial charge is 0.250 e. The summed E-state index contributed by atoms with van der Waals surface area (Å²) >= 11 is 0. The molecule has 1 rings (SSSR count). The van der Waals surface area contributed by atoms with Gasteiger partial charge >= 0.3 is 0 Å². The predicted octanol–water partition coefficient (Wildman–Crippen LogP) is 2.62. The summed E-state index contributed by atoms with van der Waals surface area (Å²) in [6.07, 6.45) is 3.05. The van der Waals surface area contributed by atoms with Gasteiger partial charge in [-0.2, -0.15) is 10.4 Å². The van der Waals surface area contributed by atoms with E-state index in [0.717, 1.165) is 37.5 Å². The number of unbranched alkanes of at least 4 members (excludes halogenated alkanes) is 1. The minimum atomic E-state index is -0.201. The van der Waals surface area contributed by atoms with E-state index in [1.54, 1.807) is 0 Å². The zero-order valence-corrected chi connectivity index (χ0v) is 10.6. The summed E-state index contributed by atoms with van der Waals surface area (Å²) in [5.41, 5.74) is -0.201. The molecule has 0 fully saturated rings. The number of nitrogens with zero attached hydrogens (tertiary/aromatic N) is 4. The molecule has 0 spiro atoms. The second-order valence-electron chi connectivity index (χ2n) is 4.88. The van der Waals surface area contributed by atoms with Gasteiger partial charge in [-0.25, -0.2) is 4.98 Å². The van der Waals surface area contributed by atoms with Crippen molar-refractivity contribution in [2.75, 3.05) is 0 Å². The molecule has 4 heteroatoms. The molecular formula is C12H20N4. The standard InChI is InChI=1S/C12H20N4/c1-10-14-11(2)16(15-10)8-6-5-7-12(3,4)9-13/h5-8H2,1-4H3. The van der Waals surface area contributed by atoms with E-state index < -0.39 is 0 Å². The third-order valence-corrected chi connectivity index (χ3v) is 2.69. The van der Waals surface area contributed by atoms with Crippen LogP contribution in [0.2, 0.25) is 0 Å². The van der Waals surface area contributed by atoms with E-state index in [-0.39, 0.29) is 5.41 Å². The van der Waals surface area contributed by atoms with Gasteiger partial charge < -0.3 is 0 Å². The van der Waals surface area contributed by atoms with Crippen LogP contribution in [0.25, 0.3) is 0 Å². The Morgan fingerprint density at radius 2 is 2.00 bits per heavy atom. The molecule has 0 aliphatic rings. The van der Waals surface area contributed by atoms with Crippen LogP contribution in [0.5, 0.6) is 0 Å². The molecule has 0 saturated carbocycles. The third kappa shape index (κ3) is 3.65. The number of aromatic nitrogens is 3. The normalized spacial score (nSPS) is 11.4. The van der Waals surface area contributed by atoms with Gasteiger partial charge in [-0.3, -0.25) is 4.68 Å². The minimum absolute atomic E-state index is 0.201. The smallest absolute Gasteiger partial charge is 0.147 e. The van der Waals surface area contributed by atoms with Crippen LogP contribution in [0.1, 0.15) is 44.8 Å². The molecule has 0 amide bonds. The lowest BCUT2D eigenvalue weighted by molar-refractivity contribution is 0.410. The number of hydrogen-bond acceptors (Lipinski definition) is 3. The fourth-order valence-corrected chi connectivity index (χ4v) is 1.66. The third-order valence-electron chi connectivity index (χ3n) is 2.69. The van der Waals surface area contributed by atoms with Crippen molar-refractivity contribution in [3.05, 3.63) is 11.6 Å². The molecule has 1 aromatic rings. The van der Waals surface area contributed by atoms with Gasteiger partial charge in [0.15, 0.2) is 0 Å². The first-order chi connectivity index (χ1) is 7.44. The monoisotopic (exact) mass is 220 g/mol. The molecular weight excluding hydrogens is 200 g/mol. The van der Waals surface area contributed by atoms with Gasteiger partial charge in [0.2, 0.25) is 0 Å². The van der Waals surface area contributed by atoms with Crippen LogP contribution < -0.4 is 0 Å². The van der Waals surface area contributed by atoms with Gasteiger partial charge in [-0.05, 0) is 40.5 Å². The number of rotatable bonds is 5. The Hall–Kier alpha value is -1.37. The lowest BCUT2D eigenvalue weighted by Gasteiger charge is -2.14. The molecule has 0 aliphatic carbocycles. The summed E-state index contributed by atoms with van der Waals surface area (Å²) in [7, 11) is 0. The molecule has 0 aromatic carbocycles. The van der Waals surface area contributed by atoms with Crippen LogP contribution >= 0.6 is 0 Å². The highest BCUT2D eigenvalue weighted by Gasteiger charge is 2.15. The van der Waals surface area contributed by atoms with Gasteiger partial charge in [0, 0.05) is 6.54 Å². The number of nitriles is 1. The molecule has 0 atom stereocenters. The Kier molecular flexibility index (Phi) is 4.05. The lowest BCUT2D eigenvalue weighted by atomic mass is 9.89. The lowest BCUT2D eigenvalue weighted by Crippen LogP contribution is -2.09. The Morgan fingerprint density at radius 3 is 2.50 bits per heavy atom. The Labute approximate surface area is 97.3 Å². The fourth-order valence-electron chi connectivity index (χ4n) is 1.66. The zero-order chi connectivity index (χ0) is 12.2. The maximum absolute atomic E-state index is 8.88. The second kappa shape index (κ2) is 5.11. The molecule has 0 aliphatic heterocycles. The number of aryl methyl sites for hydroxylation is 3. The van der Waals surface area contributed by atoms with Gasteiger partial charge in [0.1, 0.15) is 11.6 Å². The Balaban J connectivity index is 2.32. The maximum atomic E-state index is 8.88. The predicted molar refractivity (Wildman–Crippen MR) is 62.7 cm³/mol. The summed E-state index contributed by atoms with van der Waals surface area (Å²) in [4.78, 5) is 4.25. The van der Waals surface area contributed by atoms with Crippen LogP contribution in [-0.4, -0.2) is 14.8 Å². The number of hydrogen-bond donors (Lipinski definition) is 0. The van der Waals surface area contributed by atoms with Crippen LogP contribution in [0.15, 0.2) is 0 Å². The van der Waals surface area contributed by atoms with Gasteiger partial charge in [0.25, 0.3) is 0 Å². The van der Waals surface area contributed by atoms with E-state index in [1.807, 2.05) is 32.4 Å². The van der Waals surface area contributed by atoms with Crippen LogP contribution in [0.3, 0.4) is 0 Å². The molecule has 1 aromatic heterocycles. The zero-order valence-electron chi connectivity index (χ0n) is 10.6. The highest BCUT2D eigenvalue weighted by atomic mass is 15.3. The molecule has 16 heavy (non-hydrogen) atoms. The second-order valence-corrected chi connectivity index (χ2v) is 4.88. The van der Waals surface area contributed by atoms with Crippen molar-refractivity contribution in [2.24, 2.45) is 5.41 Å². The van der Waals surface area contributed by atoms with Crippen molar-refractivity contribution in [1.29, 1.82) is 5.26 Å². The molecule has 88 valence electrons. The molecule has 0 N–H and O–H groups in total. The van der Waals surface area contributed by atoms with Gasteiger partial charge in [-0.1, -0.05) is 6.42 Å². The van der Waals surface area contributed by atoms with Crippen molar-refractivity contribution in [3.8, 4) is 6.07 Å². The van der Waals surface area contributed by atoms with Crippen LogP contribution in [-0.2, 0) is 6.54 Å². The Bertz CT molecular complexity index is 384. The quantitative estimate of drug-likeness (QED) is 0.717. The van der Waals surface area contributed by atoms with E-state index in [4.69, 9.17) is 5.26 Å². The van der Waals surface area contributed by atoms with Crippen molar-refractivity contribution in [2.45, 2.75) is 53.5 Å². The van der Waals surface area contributed by atoms with Gasteiger partial charge in [0.05, 0.1) is 11.5 Å².